The zero-order chi connectivity index (χ0) is 13.9. The quantitative estimate of drug-likeness (QED) is 0.818. The van der Waals surface area contributed by atoms with Crippen LogP contribution in [0.15, 0.2) is 0 Å². The molecule has 2 N–H and O–H groups in total. The summed E-state index contributed by atoms with van der Waals surface area (Å²) < 4.78 is 29.0. The topological polar surface area (TPSA) is 61.4 Å². The predicted molar refractivity (Wildman–Crippen MR) is 77.2 cm³/mol. The molecule has 2 fully saturated rings. The molecule has 2 saturated heterocycles. The van der Waals surface area contributed by atoms with Gasteiger partial charge in [-0.05, 0) is 39.5 Å². The molecule has 5 nitrogen and oxygen atoms in total. The lowest BCUT2D eigenvalue weighted by atomic mass is 10.00. The first-order chi connectivity index (χ1) is 8.99. The van der Waals surface area contributed by atoms with E-state index in [2.05, 4.69) is 17.0 Å². The third-order valence-electron chi connectivity index (χ3n) is 4.27. The molecule has 0 amide bonds. The lowest BCUT2D eigenvalue weighted by molar-refractivity contribution is 0.263. The Morgan fingerprint density at radius 3 is 2.63 bits per heavy atom. The average molecular weight is 289 g/mol. The Bertz CT molecular complexity index is 385. The van der Waals surface area contributed by atoms with Crippen molar-refractivity contribution < 1.29 is 8.42 Å². The molecule has 2 heterocycles. The summed E-state index contributed by atoms with van der Waals surface area (Å²) in [5.41, 5.74) is 0. The van der Waals surface area contributed by atoms with Gasteiger partial charge >= 0.3 is 0 Å². The summed E-state index contributed by atoms with van der Waals surface area (Å²) in [5, 5.41) is 3.46. The minimum atomic E-state index is -3.31. The second-order valence-corrected chi connectivity index (χ2v) is 7.71. The van der Waals surface area contributed by atoms with Gasteiger partial charge in [-0.1, -0.05) is 12.8 Å². The highest BCUT2D eigenvalue weighted by molar-refractivity contribution is 7.87. The van der Waals surface area contributed by atoms with E-state index in [-0.39, 0.29) is 12.1 Å². The monoisotopic (exact) mass is 289 g/mol. The van der Waals surface area contributed by atoms with Crippen LogP contribution in [0, 0.1) is 0 Å². The van der Waals surface area contributed by atoms with Crippen LogP contribution in [-0.2, 0) is 10.2 Å². The molecule has 0 radical (unpaired) electrons. The maximum absolute atomic E-state index is 12.3. The van der Waals surface area contributed by atoms with Gasteiger partial charge in [0.1, 0.15) is 0 Å². The van der Waals surface area contributed by atoms with Crippen LogP contribution in [0.5, 0.6) is 0 Å². The molecule has 112 valence electrons. The molecule has 2 rings (SSSR count). The third kappa shape index (κ3) is 4.15. The molecule has 19 heavy (non-hydrogen) atoms. The van der Waals surface area contributed by atoms with Crippen LogP contribution in [0.4, 0.5) is 0 Å². The zero-order valence-corrected chi connectivity index (χ0v) is 12.9. The fraction of sp³-hybridized carbons (Fsp3) is 1.00. The van der Waals surface area contributed by atoms with E-state index in [9.17, 15) is 8.42 Å². The van der Waals surface area contributed by atoms with Crippen molar-refractivity contribution in [2.75, 3.05) is 13.1 Å². The summed E-state index contributed by atoms with van der Waals surface area (Å²) in [6, 6.07) is 0.903. The van der Waals surface area contributed by atoms with Gasteiger partial charge in [-0.15, -0.1) is 0 Å². The number of rotatable bonds is 4. The summed E-state index contributed by atoms with van der Waals surface area (Å²) in [6.07, 6.45) is 6.51. The second-order valence-electron chi connectivity index (χ2n) is 6.00. The predicted octanol–water partition coefficient (Wildman–Crippen LogP) is 1.23. The fourth-order valence-corrected chi connectivity index (χ4v) is 4.64. The van der Waals surface area contributed by atoms with Crippen LogP contribution in [0.1, 0.15) is 52.4 Å². The molecule has 0 aromatic carbocycles. The van der Waals surface area contributed by atoms with Crippen LogP contribution in [-0.4, -0.2) is 43.9 Å². The van der Waals surface area contributed by atoms with Crippen LogP contribution in [0.25, 0.3) is 0 Å². The Morgan fingerprint density at radius 1 is 1.16 bits per heavy atom. The molecule has 0 saturated carbocycles. The first-order valence-corrected chi connectivity index (χ1v) is 8.95. The Hall–Kier alpha value is -0.170. The largest absolute Gasteiger partial charge is 0.310 e. The van der Waals surface area contributed by atoms with Crippen LogP contribution < -0.4 is 10.0 Å². The Morgan fingerprint density at radius 2 is 1.95 bits per heavy atom. The lowest BCUT2D eigenvalue weighted by Gasteiger charge is -2.34. The standard InChI is InChI=1S/C13H27N3O2S/c1-11-6-5-8-13(15-11)10-14-19(17,18)16-9-4-3-7-12(16)2/h11-15H,3-10H2,1-2H3. The minimum Gasteiger partial charge on any atom is -0.310 e. The summed E-state index contributed by atoms with van der Waals surface area (Å²) in [6.45, 7) is 5.33. The van der Waals surface area contributed by atoms with Crippen molar-refractivity contribution in [1.82, 2.24) is 14.3 Å². The van der Waals surface area contributed by atoms with Gasteiger partial charge < -0.3 is 5.32 Å². The van der Waals surface area contributed by atoms with E-state index in [1.807, 2.05) is 6.92 Å². The Balaban J connectivity index is 1.86. The molecule has 3 unspecified atom stereocenters. The molecule has 0 aliphatic carbocycles. The van der Waals surface area contributed by atoms with Crippen molar-refractivity contribution in [1.29, 1.82) is 0 Å². The van der Waals surface area contributed by atoms with E-state index in [4.69, 9.17) is 0 Å². The average Bonchev–Trinajstić information content (AvgIpc) is 2.37. The van der Waals surface area contributed by atoms with Gasteiger partial charge in [-0.25, -0.2) is 4.72 Å². The lowest BCUT2D eigenvalue weighted by Crippen LogP contribution is -2.52. The summed E-state index contributed by atoms with van der Waals surface area (Å²) in [4.78, 5) is 0. The summed E-state index contributed by atoms with van der Waals surface area (Å²) in [5.74, 6) is 0. The molecule has 3 atom stereocenters. The SMILES string of the molecule is CC1CCCC(CNS(=O)(=O)N2CCCCC2C)N1. The highest BCUT2D eigenvalue weighted by Gasteiger charge is 2.30. The second kappa shape index (κ2) is 6.52. The van der Waals surface area contributed by atoms with Crippen LogP contribution in [0.3, 0.4) is 0 Å². The van der Waals surface area contributed by atoms with Gasteiger partial charge in [0.05, 0.1) is 0 Å². The minimum absolute atomic E-state index is 0.129. The summed E-state index contributed by atoms with van der Waals surface area (Å²) in [7, 11) is -3.31. The van der Waals surface area contributed by atoms with Crippen molar-refractivity contribution in [3.05, 3.63) is 0 Å². The molecular formula is C13H27N3O2S. The summed E-state index contributed by atoms with van der Waals surface area (Å²) >= 11 is 0. The molecule has 0 aromatic heterocycles. The van der Waals surface area contributed by atoms with Crippen molar-refractivity contribution in [2.45, 2.75) is 70.5 Å². The molecular weight excluding hydrogens is 262 g/mol. The van der Waals surface area contributed by atoms with Crippen molar-refractivity contribution in [3.63, 3.8) is 0 Å². The third-order valence-corrected chi connectivity index (χ3v) is 5.96. The first-order valence-electron chi connectivity index (χ1n) is 7.51. The molecule has 2 aliphatic rings. The molecule has 2 aliphatic heterocycles. The van der Waals surface area contributed by atoms with E-state index in [1.165, 1.54) is 12.8 Å². The van der Waals surface area contributed by atoms with Gasteiger partial charge in [0.25, 0.3) is 10.2 Å². The van der Waals surface area contributed by atoms with E-state index in [0.29, 0.717) is 19.1 Å². The van der Waals surface area contributed by atoms with E-state index < -0.39 is 10.2 Å². The normalized spacial score (nSPS) is 34.3. The number of hydrogen-bond acceptors (Lipinski definition) is 3. The number of hydrogen-bond donors (Lipinski definition) is 2. The van der Waals surface area contributed by atoms with Crippen LogP contribution >= 0.6 is 0 Å². The van der Waals surface area contributed by atoms with Crippen molar-refractivity contribution in [2.24, 2.45) is 0 Å². The highest BCUT2D eigenvalue weighted by atomic mass is 32.2. The first kappa shape index (κ1) is 15.2. The van der Waals surface area contributed by atoms with Crippen LogP contribution in [0.2, 0.25) is 0 Å². The van der Waals surface area contributed by atoms with Gasteiger partial charge in [-0.2, -0.15) is 12.7 Å². The van der Waals surface area contributed by atoms with Gasteiger partial charge in [0.15, 0.2) is 0 Å². The Labute approximate surface area is 117 Å². The van der Waals surface area contributed by atoms with Crippen molar-refractivity contribution in [3.8, 4) is 0 Å². The van der Waals surface area contributed by atoms with Crippen molar-refractivity contribution >= 4 is 10.2 Å². The molecule has 0 aromatic rings. The highest BCUT2D eigenvalue weighted by Crippen LogP contribution is 2.19. The molecule has 0 bridgehead atoms. The Kier molecular flexibility index (Phi) is 5.22. The van der Waals surface area contributed by atoms with E-state index in [1.54, 1.807) is 4.31 Å². The maximum Gasteiger partial charge on any atom is 0.279 e. The molecule has 6 heteroatoms. The van der Waals surface area contributed by atoms with E-state index >= 15 is 0 Å². The van der Waals surface area contributed by atoms with Gasteiger partial charge in [0.2, 0.25) is 0 Å². The van der Waals surface area contributed by atoms with Gasteiger partial charge in [-0.3, -0.25) is 0 Å². The molecule has 0 spiro atoms. The zero-order valence-electron chi connectivity index (χ0n) is 12.1. The van der Waals surface area contributed by atoms with E-state index in [0.717, 1.165) is 25.7 Å². The number of piperidine rings is 2. The smallest absolute Gasteiger partial charge is 0.279 e. The van der Waals surface area contributed by atoms with Gasteiger partial charge in [0, 0.05) is 31.2 Å². The number of nitrogens with zero attached hydrogens (tertiary/aromatic N) is 1. The number of nitrogens with one attached hydrogen (secondary N) is 2. The maximum atomic E-state index is 12.3. The fourth-order valence-electron chi connectivity index (χ4n) is 3.12.